The summed E-state index contributed by atoms with van der Waals surface area (Å²) in [4.78, 5) is 4.58. The van der Waals surface area contributed by atoms with Gasteiger partial charge in [0.25, 0.3) is 0 Å². The minimum Gasteiger partial charge on any atom is -0.287 e. The monoisotopic (exact) mass is 189 g/mol. The molecule has 0 atom stereocenters. The molecule has 0 saturated heterocycles. The van der Waals surface area contributed by atoms with Gasteiger partial charge in [0.15, 0.2) is 0 Å². The van der Waals surface area contributed by atoms with Gasteiger partial charge in [-0.05, 0) is 20.8 Å². The van der Waals surface area contributed by atoms with Crippen LogP contribution in [0, 0.1) is 5.41 Å². The van der Waals surface area contributed by atoms with E-state index in [4.69, 9.17) is 11.6 Å². The molecule has 0 rings (SSSR count). The van der Waals surface area contributed by atoms with E-state index in [2.05, 4.69) is 46.5 Å². The molecule has 0 fully saturated rings. The highest BCUT2D eigenvalue weighted by Crippen LogP contribution is 2.20. The Morgan fingerprint density at radius 2 is 1.50 bits per heavy atom. The molecule has 0 N–H and O–H groups in total. The van der Waals surface area contributed by atoms with E-state index in [9.17, 15) is 0 Å². The van der Waals surface area contributed by atoms with Crippen LogP contribution in [0.5, 0.6) is 0 Å². The van der Waals surface area contributed by atoms with E-state index in [1.807, 2.05) is 0 Å². The quantitative estimate of drug-likeness (QED) is 0.442. The number of alkyl halides is 1. The van der Waals surface area contributed by atoms with Gasteiger partial charge < -0.3 is 0 Å². The van der Waals surface area contributed by atoms with E-state index < -0.39 is 0 Å². The Bertz CT molecular complexity index is 169. The van der Waals surface area contributed by atoms with Crippen molar-refractivity contribution in [3.63, 3.8) is 0 Å². The van der Waals surface area contributed by atoms with Crippen molar-refractivity contribution in [1.29, 1.82) is 0 Å². The number of hydrogen-bond donors (Lipinski definition) is 0. The van der Waals surface area contributed by atoms with Crippen LogP contribution in [-0.2, 0) is 0 Å². The third-order valence-corrected chi connectivity index (χ3v) is 1.72. The fourth-order valence-corrected chi connectivity index (χ4v) is 1.26. The number of halogens is 1. The van der Waals surface area contributed by atoms with Crippen molar-refractivity contribution in [1.82, 2.24) is 0 Å². The molecule has 0 aliphatic rings. The first kappa shape index (κ1) is 12.0. The molecule has 12 heavy (non-hydrogen) atoms. The summed E-state index contributed by atoms with van der Waals surface area (Å²) >= 11 is 5.83. The molecule has 0 unspecified atom stereocenters. The van der Waals surface area contributed by atoms with Gasteiger partial charge >= 0.3 is 0 Å². The van der Waals surface area contributed by atoms with Crippen LogP contribution in [0.3, 0.4) is 0 Å². The Labute approximate surface area is 81.2 Å². The molecule has 2 heteroatoms. The smallest absolute Gasteiger partial charge is 0.0609 e. The van der Waals surface area contributed by atoms with Crippen LogP contribution in [0.1, 0.15) is 41.5 Å². The Balaban J connectivity index is 4.68. The maximum Gasteiger partial charge on any atom is 0.0609 e. The number of nitrogens with zero attached hydrogens (tertiary/aromatic N) is 1. The van der Waals surface area contributed by atoms with E-state index >= 15 is 0 Å². The fourth-order valence-electron chi connectivity index (χ4n) is 0.803. The zero-order valence-corrected chi connectivity index (χ0v) is 9.79. The zero-order valence-electron chi connectivity index (χ0n) is 9.03. The highest BCUT2D eigenvalue weighted by molar-refractivity contribution is 6.29. The lowest BCUT2D eigenvalue weighted by atomic mass is 9.90. The Morgan fingerprint density at radius 3 is 1.58 bits per heavy atom. The van der Waals surface area contributed by atoms with Crippen LogP contribution in [0.25, 0.3) is 0 Å². The normalized spacial score (nSPS) is 15.1. The number of aliphatic imine (C=N–C) groups is 1. The first-order valence-electron chi connectivity index (χ1n) is 4.32. The van der Waals surface area contributed by atoms with Gasteiger partial charge in [-0.15, -0.1) is 11.6 Å². The average molecular weight is 190 g/mol. The van der Waals surface area contributed by atoms with Crippen molar-refractivity contribution < 1.29 is 0 Å². The lowest BCUT2D eigenvalue weighted by Gasteiger charge is -2.24. The average Bonchev–Trinajstić information content (AvgIpc) is 1.78. The second-order valence-electron chi connectivity index (χ2n) is 5.11. The lowest BCUT2D eigenvalue weighted by Crippen LogP contribution is -2.26. The molecule has 0 heterocycles. The van der Waals surface area contributed by atoms with Gasteiger partial charge in [-0.2, -0.15) is 0 Å². The van der Waals surface area contributed by atoms with Gasteiger partial charge in [0.1, 0.15) is 0 Å². The van der Waals surface area contributed by atoms with Crippen LogP contribution >= 0.6 is 11.6 Å². The van der Waals surface area contributed by atoms with Crippen molar-refractivity contribution in [2.24, 2.45) is 10.4 Å². The van der Waals surface area contributed by atoms with Gasteiger partial charge in [0.2, 0.25) is 0 Å². The summed E-state index contributed by atoms with van der Waals surface area (Å²) in [5.74, 6) is 0.529. The molecule has 0 bridgehead atoms. The summed E-state index contributed by atoms with van der Waals surface area (Å²) < 4.78 is 0. The summed E-state index contributed by atoms with van der Waals surface area (Å²) in [6.07, 6.45) is 0. The third kappa shape index (κ3) is 4.76. The second-order valence-corrected chi connectivity index (χ2v) is 5.38. The number of hydrogen-bond acceptors (Lipinski definition) is 1. The largest absolute Gasteiger partial charge is 0.287 e. The molecule has 0 amide bonds. The second kappa shape index (κ2) is 3.78. The van der Waals surface area contributed by atoms with Crippen molar-refractivity contribution in [2.45, 2.75) is 47.1 Å². The maximum atomic E-state index is 5.83. The Hall–Kier alpha value is -0.0400. The Kier molecular flexibility index (Phi) is 3.77. The first-order valence-corrected chi connectivity index (χ1v) is 4.85. The summed E-state index contributed by atoms with van der Waals surface area (Å²) in [6.45, 7) is 12.7. The highest BCUT2D eigenvalue weighted by Gasteiger charge is 2.20. The third-order valence-electron chi connectivity index (χ3n) is 1.46. The summed E-state index contributed by atoms with van der Waals surface area (Å²) in [5, 5.41) is 0. The molecule has 0 spiro atoms. The van der Waals surface area contributed by atoms with Crippen LogP contribution in [0.2, 0.25) is 0 Å². The molecule has 1 nitrogen and oxygen atoms in total. The van der Waals surface area contributed by atoms with E-state index in [-0.39, 0.29) is 11.0 Å². The first-order chi connectivity index (χ1) is 5.17. The van der Waals surface area contributed by atoms with Gasteiger partial charge in [-0.25, -0.2) is 0 Å². The van der Waals surface area contributed by atoms with Gasteiger partial charge in [-0.3, -0.25) is 4.99 Å². The predicted octanol–water partition coefficient (Wildman–Crippen LogP) is 3.51. The topological polar surface area (TPSA) is 12.4 Å². The molecule has 72 valence electrons. The van der Waals surface area contributed by atoms with Crippen molar-refractivity contribution in [2.75, 3.05) is 5.88 Å². The zero-order chi connectivity index (χ0) is 9.99. The van der Waals surface area contributed by atoms with Crippen molar-refractivity contribution >= 4 is 17.3 Å². The van der Waals surface area contributed by atoms with Crippen molar-refractivity contribution in [3.05, 3.63) is 0 Å². The molecule has 0 aliphatic heterocycles. The van der Waals surface area contributed by atoms with Crippen LogP contribution < -0.4 is 0 Å². The maximum absolute atomic E-state index is 5.83. The van der Waals surface area contributed by atoms with Crippen LogP contribution in [-0.4, -0.2) is 17.1 Å². The molecule has 0 aromatic carbocycles. The van der Waals surface area contributed by atoms with Gasteiger partial charge in [0, 0.05) is 11.1 Å². The molecule has 0 aromatic heterocycles. The fraction of sp³-hybridized carbons (Fsp3) is 0.900. The minimum absolute atomic E-state index is 0.0164. The van der Waals surface area contributed by atoms with E-state index in [0.29, 0.717) is 5.88 Å². The molecule has 0 aromatic rings. The lowest BCUT2D eigenvalue weighted by molar-refractivity contribution is 0.538. The highest BCUT2D eigenvalue weighted by atomic mass is 35.5. The van der Waals surface area contributed by atoms with Crippen molar-refractivity contribution in [3.8, 4) is 0 Å². The summed E-state index contributed by atoms with van der Waals surface area (Å²) in [5.41, 5.74) is 1.16. The van der Waals surface area contributed by atoms with E-state index in [1.165, 1.54) is 0 Å². The van der Waals surface area contributed by atoms with Crippen LogP contribution in [0.4, 0.5) is 0 Å². The van der Waals surface area contributed by atoms with Gasteiger partial charge in [0.05, 0.1) is 11.4 Å². The molecule has 0 saturated carbocycles. The standard InChI is InChI=1S/C10H20ClN/c1-9(2,3)8(7-11)12-10(4,5)6/h7H2,1-6H3. The Morgan fingerprint density at radius 1 is 1.08 bits per heavy atom. The van der Waals surface area contributed by atoms with Crippen LogP contribution in [0.15, 0.2) is 4.99 Å². The van der Waals surface area contributed by atoms with E-state index in [0.717, 1.165) is 5.71 Å². The minimum atomic E-state index is -0.0164. The molecule has 0 radical (unpaired) electrons. The SMILES string of the molecule is CC(C)(C)N=C(CCl)C(C)(C)C. The summed E-state index contributed by atoms with van der Waals surface area (Å²) in [7, 11) is 0. The van der Waals surface area contributed by atoms with E-state index in [1.54, 1.807) is 0 Å². The molecular formula is C10H20ClN. The molecule has 0 aliphatic carbocycles. The predicted molar refractivity (Wildman–Crippen MR) is 57.4 cm³/mol. The number of rotatable bonds is 1. The van der Waals surface area contributed by atoms with Gasteiger partial charge in [-0.1, -0.05) is 20.8 Å². The molecular weight excluding hydrogens is 170 g/mol. The summed E-state index contributed by atoms with van der Waals surface area (Å²) in [6, 6.07) is 0.